The monoisotopic (exact) mass is 874 g/mol. The second kappa shape index (κ2) is 42.6. The number of aliphatic hydroxyl groups excluding tert-OH is 1. The number of rotatable bonds is 46. The molecule has 1 heterocycles. The van der Waals surface area contributed by atoms with E-state index in [0.29, 0.717) is 50.4 Å². The lowest BCUT2D eigenvalue weighted by molar-refractivity contribution is -0.150. The van der Waals surface area contributed by atoms with Gasteiger partial charge < -0.3 is 29.8 Å². The Bertz CT molecular complexity index is 1130. The zero-order chi connectivity index (χ0) is 45.1. The predicted molar refractivity (Wildman–Crippen MR) is 260 cm³/mol. The highest BCUT2D eigenvalue weighted by Gasteiger charge is 2.16. The average Bonchev–Trinajstić information content (AvgIpc) is 3.81. The molecule has 0 aliphatic rings. The SMILES string of the molecule is CCCCCCCCC(C)COC(=O)CCCCCN(CCCCCCCC(=O)OC(CCCCCCCC)CCCCCCCC)CC(O)CCCCNC(=O)c1cc[nH]c1. The Morgan fingerprint density at radius 3 is 1.66 bits per heavy atom. The summed E-state index contributed by atoms with van der Waals surface area (Å²) in [5, 5.41) is 13.9. The van der Waals surface area contributed by atoms with E-state index in [2.05, 4.69) is 42.9 Å². The molecule has 362 valence electrons. The van der Waals surface area contributed by atoms with Gasteiger partial charge in [0, 0.05) is 38.3 Å². The summed E-state index contributed by atoms with van der Waals surface area (Å²) in [6.45, 7) is 12.5. The van der Waals surface area contributed by atoms with Gasteiger partial charge in [0.2, 0.25) is 0 Å². The van der Waals surface area contributed by atoms with Gasteiger partial charge in [0.25, 0.3) is 5.91 Å². The standard InChI is InChI=1S/C53H99N3O6/c1-5-8-11-14-18-24-33-47(4)46-61-51(58)37-28-23-32-43-56(45-49(57)34-29-30-40-55-53(60)48-39-41-54-44-48)42-31-22-17-21-27-38-52(59)62-50(35-25-19-15-12-9-6-2)36-26-20-16-13-10-7-3/h39,41,44,47,49-50,54,57H,5-38,40,42-43,45-46H2,1-4H3,(H,55,60). The van der Waals surface area contributed by atoms with Gasteiger partial charge in [-0.2, -0.15) is 0 Å². The molecular formula is C53H99N3O6. The van der Waals surface area contributed by atoms with Crippen molar-refractivity contribution in [1.82, 2.24) is 15.2 Å². The maximum Gasteiger partial charge on any atom is 0.306 e. The van der Waals surface area contributed by atoms with E-state index in [-0.39, 0.29) is 23.9 Å². The van der Waals surface area contributed by atoms with Gasteiger partial charge in [-0.05, 0) is 102 Å². The molecule has 1 rings (SSSR count). The summed E-state index contributed by atoms with van der Waals surface area (Å²) in [4.78, 5) is 42.8. The van der Waals surface area contributed by atoms with E-state index in [1.807, 2.05) is 0 Å². The third kappa shape index (κ3) is 36.0. The smallest absolute Gasteiger partial charge is 0.306 e. The van der Waals surface area contributed by atoms with E-state index in [1.54, 1.807) is 18.5 Å². The van der Waals surface area contributed by atoms with Gasteiger partial charge in [-0.3, -0.25) is 14.4 Å². The number of esters is 2. The van der Waals surface area contributed by atoms with Crippen LogP contribution in [0.4, 0.5) is 0 Å². The van der Waals surface area contributed by atoms with Crippen molar-refractivity contribution >= 4 is 17.8 Å². The van der Waals surface area contributed by atoms with Crippen molar-refractivity contribution < 1.29 is 29.0 Å². The number of unbranched alkanes of at least 4 members (excludes halogenated alkanes) is 22. The van der Waals surface area contributed by atoms with Gasteiger partial charge >= 0.3 is 11.9 Å². The molecule has 0 fully saturated rings. The second-order valence-corrected chi connectivity index (χ2v) is 18.7. The van der Waals surface area contributed by atoms with Crippen LogP contribution in [0.15, 0.2) is 18.5 Å². The van der Waals surface area contributed by atoms with Gasteiger partial charge in [0.15, 0.2) is 0 Å². The minimum Gasteiger partial charge on any atom is -0.465 e. The Hall–Kier alpha value is -2.39. The fourth-order valence-electron chi connectivity index (χ4n) is 8.35. The number of nitrogens with one attached hydrogen (secondary N) is 2. The molecule has 0 spiro atoms. The van der Waals surface area contributed by atoms with Crippen molar-refractivity contribution in [2.24, 2.45) is 5.92 Å². The fourth-order valence-corrected chi connectivity index (χ4v) is 8.35. The number of carbonyl (C=O) groups excluding carboxylic acids is 3. The molecule has 62 heavy (non-hydrogen) atoms. The van der Waals surface area contributed by atoms with E-state index < -0.39 is 6.10 Å². The number of nitrogens with zero attached hydrogens (tertiary/aromatic N) is 1. The van der Waals surface area contributed by atoms with E-state index in [1.165, 1.54) is 103 Å². The largest absolute Gasteiger partial charge is 0.465 e. The van der Waals surface area contributed by atoms with Crippen LogP contribution in [0.5, 0.6) is 0 Å². The van der Waals surface area contributed by atoms with Crippen LogP contribution in [-0.4, -0.2) is 77.8 Å². The number of ether oxygens (including phenoxy) is 2. The van der Waals surface area contributed by atoms with Gasteiger partial charge in [0.1, 0.15) is 6.10 Å². The summed E-state index contributed by atoms with van der Waals surface area (Å²) in [6, 6.07) is 1.76. The molecule has 0 aromatic carbocycles. The van der Waals surface area contributed by atoms with Crippen LogP contribution in [0, 0.1) is 5.92 Å². The fraction of sp³-hybridized carbons (Fsp3) is 0.868. The summed E-state index contributed by atoms with van der Waals surface area (Å²) < 4.78 is 11.7. The summed E-state index contributed by atoms with van der Waals surface area (Å²) in [5.41, 5.74) is 0.634. The number of aromatic nitrogens is 1. The zero-order valence-corrected chi connectivity index (χ0v) is 41.0. The number of H-pyrrole nitrogens is 1. The van der Waals surface area contributed by atoms with Crippen molar-refractivity contribution in [1.29, 1.82) is 0 Å². The Kier molecular flexibility index (Phi) is 39.6. The second-order valence-electron chi connectivity index (χ2n) is 18.7. The van der Waals surface area contributed by atoms with E-state index in [9.17, 15) is 19.5 Å². The van der Waals surface area contributed by atoms with Crippen molar-refractivity contribution in [2.45, 2.75) is 258 Å². The first-order valence-corrected chi connectivity index (χ1v) is 26.4. The van der Waals surface area contributed by atoms with Crippen LogP contribution < -0.4 is 5.32 Å². The Morgan fingerprint density at radius 1 is 0.613 bits per heavy atom. The average molecular weight is 874 g/mol. The predicted octanol–water partition coefficient (Wildman–Crippen LogP) is 13.8. The number of hydrogen-bond acceptors (Lipinski definition) is 7. The van der Waals surface area contributed by atoms with Crippen molar-refractivity contribution in [3.63, 3.8) is 0 Å². The van der Waals surface area contributed by atoms with Crippen LogP contribution in [0.25, 0.3) is 0 Å². The highest BCUT2D eigenvalue weighted by Crippen LogP contribution is 2.19. The third-order valence-corrected chi connectivity index (χ3v) is 12.4. The minimum absolute atomic E-state index is 0.0125. The van der Waals surface area contributed by atoms with E-state index >= 15 is 0 Å². The van der Waals surface area contributed by atoms with Gasteiger partial charge in [-0.25, -0.2) is 0 Å². The normalized spacial score (nSPS) is 12.6. The lowest BCUT2D eigenvalue weighted by atomic mass is 10.0. The quantitative estimate of drug-likeness (QED) is 0.0441. The molecule has 0 saturated carbocycles. The lowest BCUT2D eigenvalue weighted by Crippen LogP contribution is -2.34. The molecule has 1 aromatic rings. The zero-order valence-electron chi connectivity index (χ0n) is 41.0. The molecule has 0 saturated heterocycles. The molecule has 2 atom stereocenters. The number of hydrogen-bond donors (Lipinski definition) is 3. The topological polar surface area (TPSA) is 121 Å². The number of carbonyl (C=O) groups is 3. The number of aliphatic hydroxyl groups is 1. The van der Waals surface area contributed by atoms with Crippen LogP contribution in [0.2, 0.25) is 0 Å². The van der Waals surface area contributed by atoms with Crippen LogP contribution >= 0.6 is 0 Å². The highest BCUT2D eigenvalue weighted by atomic mass is 16.5. The van der Waals surface area contributed by atoms with Crippen LogP contribution in [0.1, 0.15) is 256 Å². The number of aromatic amines is 1. The molecule has 3 N–H and O–H groups in total. The highest BCUT2D eigenvalue weighted by molar-refractivity contribution is 5.93. The molecule has 0 radical (unpaired) electrons. The number of amides is 1. The lowest BCUT2D eigenvalue weighted by Gasteiger charge is -2.25. The van der Waals surface area contributed by atoms with Crippen LogP contribution in [-0.2, 0) is 19.1 Å². The van der Waals surface area contributed by atoms with Crippen molar-refractivity contribution in [3.05, 3.63) is 24.0 Å². The van der Waals surface area contributed by atoms with E-state index in [0.717, 1.165) is 109 Å². The van der Waals surface area contributed by atoms with Gasteiger partial charge in [0.05, 0.1) is 18.3 Å². The summed E-state index contributed by atoms with van der Waals surface area (Å²) in [5.74, 6) is 0.254. The molecule has 0 aliphatic carbocycles. The molecule has 9 nitrogen and oxygen atoms in total. The first kappa shape index (κ1) is 57.6. The molecule has 1 aromatic heterocycles. The van der Waals surface area contributed by atoms with Crippen LogP contribution in [0.3, 0.4) is 0 Å². The minimum atomic E-state index is -0.416. The molecule has 0 bridgehead atoms. The van der Waals surface area contributed by atoms with Crippen molar-refractivity contribution in [3.8, 4) is 0 Å². The first-order valence-electron chi connectivity index (χ1n) is 26.4. The maximum absolute atomic E-state index is 12.9. The Labute approximate surface area is 381 Å². The summed E-state index contributed by atoms with van der Waals surface area (Å²) >= 11 is 0. The van der Waals surface area contributed by atoms with E-state index in [4.69, 9.17) is 9.47 Å². The maximum atomic E-state index is 12.9. The summed E-state index contributed by atoms with van der Waals surface area (Å²) in [7, 11) is 0. The molecule has 1 amide bonds. The van der Waals surface area contributed by atoms with Crippen molar-refractivity contribution in [2.75, 3.05) is 32.8 Å². The third-order valence-electron chi connectivity index (χ3n) is 12.4. The Morgan fingerprint density at radius 2 is 1.10 bits per heavy atom. The molecular weight excluding hydrogens is 775 g/mol. The molecule has 2 unspecified atom stereocenters. The summed E-state index contributed by atoms with van der Waals surface area (Å²) in [6.07, 6.45) is 40.5. The first-order chi connectivity index (χ1) is 30.3. The Balaban J connectivity index is 2.43. The molecule has 0 aliphatic heterocycles. The molecule has 9 heteroatoms. The van der Waals surface area contributed by atoms with Gasteiger partial charge in [-0.1, -0.05) is 156 Å². The van der Waals surface area contributed by atoms with Gasteiger partial charge in [-0.15, -0.1) is 0 Å².